The zero-order valence-electron chi connectivity index (χ0n) is 14.5. The predicted molar refractivity (Wildman–Crippen MR) is 84.9 cm³/mol. The Morgan fingerprint density at radius 2 is 2.00 bits per heavy atom. The average Bonchev–Trinajstić information content (AvgIpc) is 2.93. The summed E-state index contributed by atoms with van der Waals surface area (Å²) in [6.07, 6.45) is -2.15. The Labute approximate surface area is 139 Å². The first-order valence-corrected chi connectivity index (χ1v) is 7.66. The molecule has 0 fully saturated rings. The number of oxazole rings is 1. The largest absolute Gasteiger partial charge is 0.443 e. The normalized spacial score (nSPS) is 13.2. The van der Waals surface area contributed by atoms with E-state index < -0.39 is 12.8 Å². The van der Waals surface area contributed by atoms with Crippen molar-refractivity contribution in [2.24, 2.45) is 4.99 Å². The van der Waals surface area contributed by atoms with E-state index in [0.717, 1.165) is 5.76 Å². The number of hydrogen-bond acceptors (Lipinski definition) is 4. The number of halogens is 3. The molecule has 0 unspecified atom stereocenters. The maximum absolute atomic E-state index is 11.9. The second-order valence-corrected chi connectivity index (χ2v) is 6.24. The summed E-state index contributed by atoms with van der Waals surface area (Å²) in [5.74, 6) is 1.85. The van der Waals surface area contributed by atoms with Crippen molar-refractivity contribution in [3.63, 3.8) is 0 Å². The van der Waals surface area contributed by atoms with Crippen LogP contribution in [0.5, 0.6) is 0 Å². The van der Waals surface area contributed by atoms with Gasteiger partial charge in [-0.05, 0) is 6.42 Å². The average molecular weight is 350 g/mol. The highest BCUT2D eigenvalue weighted by Crippen LogP contribution is 2.22. The second-order valence-electron chi connectivity index (χ2n) is 6.24. The van der Waals surface area contributed by atoms with E-state index in [1.165, 1.54) is 0 Å². The number of guanidine groups is 1. The number of alkyl halides is 3. The fraction of sp³-hybridized carbons (Fsp3) is 0.733. The lowest BCUT2D eigenvalue weighted by Crippen LogP contribution is -2.37. The van der Waals surface area contributed by atoms with Gasteiger partial charge in [0, 0.05) is 25.6 Å². The molecule has 138 valence electrons. The van der Waals surface area contributed by atoms with Gasteiger partial charge < -0.3 is 19.8 Å². The molecule has 0 aromatic carbocycles. The van der Waals surface area contributed by atoms with E-state index in [0.29, 0.717) is 31.4 Å². The molecule has 0 atom stereocenters. The Hall–Kier alpha value is -1.77. The third kappa shape index (κ3) is 8.19. The van der Waals surface area contributed by atoms with E-state index in [1.54, 1.807) is 13.2 Å². The van der Waals surface area contributed by atoms with Gasteiger partial charge in [-0.3, -0.25) is 4.99 Å². The number of nitrogens with one attached hydrogen (secondary N) is 2. The van der Waals surface area contributed by atoms with Gasteiger partial charge in [-0.1, -0.05) is 20.8 Å². The minimum atomic E-state index is -4.28. The molecule has 1 rings (SSSR count). The molecule has 0 amide bonds. The Morgan fingerprint density at radius 1 is 1.29 bits per heavy atom. The zero-order valence-corrected chi connectivity index (χ0v) is 14.5. The molecule has 2 N–H and O–H groups in total. The van der Waals surface area contributed by atoms with Crippen molar-refractivity contribution in [1.82, 2.24) is 15.6 Å². The van der Waals surface area contributed by atoms with Crippen LogP contribution < -0.4 is 10.6 Å². The van der Waals surface area contributed by atoms with Crippen molar-refractivity contribution >= 4 is 5.96 Å². The molecule has 1 heterocycles. The second kappa shape index (κ2) is 8.91. The number of ether oxygens (including phenoxy) is 1. The molecule has 0 bridgehead atoms. The summed E-state index contributed by atoms with van der Waals surface area (Å²) in [5, 5.41) is 6.01. The topological polar surface area (TPSA) is 71.7 Å². The molecule has 0 aliphatic heterocycles. The van der Waals surface area contributed by atoms with Gasteiger partial charge in [0.2, 0.25) is 5.89 Å². The third-order valence-corrected chi connectivity index (χ3v) is 2.95. The van der Waals surface area contributed by atoms with Crippen LogP contribution in [0.15, 0.2) is 15.6 Å². The summed E-state index contributed by atoms with van der Waals surface area (Å²) >= 11 is 0. The number of aromatic nitrogens is 1. The molecule has 24 heavy (non-hydrogen) atoms. The first-order chi connectivity index (χ1) is 11.1. The van der Waals surface area contributed by atoms with Crippen molar-refractivity contribution < 1.29 is 22.3 Å². The maximum Gasteiger partial charge on any atom is 0.411 e. The van der Waals surface area contributed by atoms with Crippen molar-refractivity contribution in [3.8, 4) is 0 Å². The SMILES string of the molecule is CN=C(NCCCOCC(F)(F)F)NCc1ncc(C(C)(C)C)o1. The summed E-state index contributed by atoms with van der Waals surface area (Å²) in [7, 11) is 1.60. The number of rotatable bonds is 7. The molecule has 0 radical (unpaired) electrons. The Bertz CT molecular complexity index is 522. The highest BCUT2D eigenvalue weighted by molar-refractivity contribution is 5.79. The Morgan fingerprint density at radius 3 is 2.54 bits per heavy atom. The quantitative estimate of drug-likeness (QED) is 0.449. The van der Waals surface area contributed by atoms with Crippen LogP contribution >= 0.6 is 0 Å². The number of hydrogen-bond donors (Lipinski definition) is 2. The lowest BCUT2D eigenvalue weighted by atomic mass is 9.94. The molecule has 0 aliphatic carbocycles. The number of nitrogens with zero attached hydrogens (tertiary/aromatic N) is 2. The van der Waals surface area contributed by atoms with E-state index in [2.05, 4.69) is 25.3 Å². The maximum atomic E-state index is 11.9. The molecule has 1 aromatic heterocycles. The van der Waals surface area contributed by atoms with E-state index in [-0.39, 0.29) is 12.0 Å². The monoisotopic (exact) mass is 350 g/mol. The molecule has 0 aliphatic rings. The van der Waals surface area contributed by atoms with Crippen LogP contribution in [0.25, 0.3) is 0 Å². The van der Waals surface area contributed by atoms with Gasteiger partial charge in [0.05, 0.1) is 12.7 Å². The van der Waals surface area contributed by atoms with Crippen molar-refractivity contribution in [2.45, 2.75) is 45.3 Å². The van der Waals surface area contributed by atoms with E-state index >= 15 is 0 Å². The summed E-state index contributed by atoms with van der Waals surface area (Å²) < 4.78 is 45.9. The summed E-state index contributed by atoms with van der Waals surface area (Å²) in [6, 6.07) is 0. The van der Waals surface area contributed by atoms with Crippen molar-refractivity contribution in [2.75, 3.05) is 26.8 Å². The number of aliphatic imine (C=N–C) groups is 1. The molecule has 0 saturated heterocycles. The predicted octanol–water partition coefficient (Wildman–Crippen LogP) is 2.61. The van der Waals surface area contributed by atoms with Crippen molar-refractivity contribution in [3.05, 3.63) is 17.8 Å². The lowest BCUT2D eigenvalue weighted by molar-refractivity contribution is -0.173. The first kappa shape index (κ1) is 20.3. The molecule has 1 aromatic rings. The van der Waals surface area contributed by atoms with Gasteiger partial charge in [0.1, 0.15) is 12.4 Å². The highest BCUT2D eigenvalue weighted by Gasteiger charge is 2.27. The minimum Gasteiger partial charge on any atom is -0.443 e. The molecule has 0 saturated carbocycles. The van der Waals surface area contributed by atoms with Crippen molar-refractivity contribution in [1.29, 1.82) is 0 Å². The fourth-order valence-electron chi connectivity index (χ4n) is 1.69. The Kier molecular flexibility index (Phi) is 7.53. The van der Waals surface area contributed by atoms with Gasteiger partial charge in [0.25, 0.3) is 0 Å². The van der Waals surface area contributed by atoms with Gasteiger partial charge >= 0.3 is 6.18 Å². The standard InChI is InChI=1S/C15H25F3N4O2/c1-14(2,3)11-8-21-12(24-11)9-22-13(19-4)20-6-5-7-23-10-15(16,17)18/h8H,5-7,9-10H2,1-4H3,(H2,19,20,22). The molecule has 6 nitrogen and oxygen atoms in total. The van der Waals surface area contributed by atoms with Crippen LogP contribution in [0.2, 0.25) is 0 Å². The third-order valence-electron chi connectivity index (χ3n) is 2.95. The summed E-state index contributed by atoms with van der Waals surface area (Å²) in [6.45, 7) is 5.71. The van der Waals surface area contributed by atoms with E-state index in [9.17, 15) is 13.2 Å². The zero-order chi connectivity index (χ0) is 18.2. The first-order valence-electron chi connectivity index (χ1n) is 7.66. The van der Waals surface area contributed by atoms with E-state index in [1.807, 2.05) is 20.8 Å². The smallest absolute Gasteiger partial charge is 0.411 e. The lowest BCUT2D eigenvalue weighted by Gasteiger charge is -2.13. The van der Waals surface area contributed by atoms with Crippen LogP contribution in [-0.4, -0.2) is 43.9 Å². The molecule has 9 heteroatoms. The van der Waals surface area contributed by atoms with Crippen LogP contribution in [0.4, 0.5) is 13.2 Å². The van der Waals surface area contributed by atoms with Gasteiger partial charge in [-0.15, -0.1) is 0 Å². The van der Waals surface area contributed by atoms with Crippen LogP contribution in [0.3, 0.4) is 0 Å². The summed E-state index contributed by atoms with van der Waals surface area (Å²) in [4.78, 5) is 8.21. The summed E-state index contributed by atoms with van der Waals surface area (Å²) in [5.41, 5.74) is -0.110. The fourth-order valence-corrected chi connectivity index (χ4v) is 1.69. The molecule has 0 spiro atoms. The Balaban J connectivity index is 2.25. The van der Waals surface area contributed by atoms with Gasteiger partial charge in [0.15, 0.2) is 5.96 Å². The highest BCUT2D eigenvalue weighted by atomic mass is 19.4. The van der Waals surface area contributed by atoms with Gasteiger partial charge in [-0.25, -0.2) is 4.98 Å². The van der Waals surface area contributed by atoms with Gasteiger partial charge in [-0.2, -0.15) is 13.2 Å². The van der Waals surface area contributed by atoms with Crippen LogP contribution in [0, 0.1) is 0 Å². The van der Waals surface area contributed by atoms with Crippen LogP contribution in [0.1, 0.15) is 38.8 Å². The van der Waals surface area contributed by atoms with E-state index in [4.69, 9.17) is 4.42 Å². The van der Waals surface area contributed by atoms with Crippen LogP contribution in [-0.2, 0) is 16.7 Å². The molecular formula is C15H25F3N4O2. The molecular weight excluding hydrogens is 325 g/mol. The minimum absolute atomic E-state index is 0.0260.